The molecule has 0 aromatic heterocycles. The van der Waals surface area contributed by atoms with Crippen LogP contribution >= 0.6 is 0 Å². The van der Waals surface area contributed by atoms with Crippen molar-refractivity contribution < 1.29 is 9.47 Å². The number of hydrogen-bond acceptors (Lipinski definition) is 2. The van der Waals surface area contributed by atoms with Crippen molar-refractivity contribution >= 4 is 8.07 Å². The Balaban J connectivity index is 2.87. The van der Waals surface area contributed by atoms with E-state index < -0.39 is 8.07 Å². The van der Waals surface area contributed by atoms with Crippen molar-refractivity contribution in [3.05, 3.63) is 0 Å². The molecule has 92 valence electrons. The first-order valence-electron chi connectivity index (χ1n) is 6.01. The molecule has 0 aromatic rings. The van der Waals surface area contributed by atoms with Crippen LogP contribution in [0.2, 0.25) is 19.6 Å². The van der Waals surface area contributed by atoms with Crippen molar-refractivity contribution in [1.29, 1.82) is 0 Å². The zero-order valence-corrected chi connectivity index (χ0v) is 12.4. The number of rotatable bonds is 1. The molecule has 3 heteroatoms. The van der Waals surface area contributed by atoms with Crippen molar-refractivity contribution in [3.63, 3.8) is 0 Å². The van der Waals surface area contributed by atoms with Crippen LogP contribution in [-0.4, -0.2) is 33.0 Å². The van der Waals surface area contributed by atoms with Gasteiger partial charge < -0.3 is 9.47 Å². The van der Waals surface area contributed by atoms with E-state index in [1.54, 1.807) is 7.11 Å². The molecule has 2 unspecified atom stereocenters. The average molecular weight is 240 g/mol. The molecule has 1 rings (SSSR count). The summed E-state index contributed by atoms with van der Waals surface area (Å²) in [5.74, 6) is 3.40. The Bertz CT molecular complexity index is 285. The lowest BCUT2D eigenvalue weighted by molar-refractivity contribution is -0.120. The van der Waals surface area contributed by atoms with Crippen molar-refractivity contribution in [2.45, 2.75) is 64.1 Å². The third-order valence-corrected chi connectivity index (χ3v) is 3.63. The standard InChI is InChI=1S/C13H24O2Si/c1-11-9-13(14-3,10-12(2)15-11)7-8-16(4,5)6/h11-12H,9-10H2,1-6H3. The Morgan fingerprint density at radius 3 is 2.06 bits per heavy atom. The minimum Gasteiger partial charge on any atom is -0.375 e. The van der Waals surface area contributed by atoms with Gasteiger partial charge in [-0.1, -0.05) is 25.6 Å². The second kappa shape index (κ2) is 4.91. The molecule has 0 amide bonds. The maximum atomic E-state index is 5.74. The van der Waals surface area contributed by atoms with Crippen LogP contribution in [0.15, 0.2) is 0 Å². The van der Waals surface area contributed by atoms with Gasteiger partial charge in [0, 0.05) is 20.0 Å². The second-order valence-corrected chi connectivity index (χ2v) is 10.6. The number of methoxy groups -OCH3 is 1. The molecule has 0 aliphatic carbocycles. The average Bonchev–Trinajstić information content (AvgIpc) is 2.12. The first-order valence-corrected chi connectivity index (χ1v) is 9.51. The van der Waals surface area contributed by atoms with Gasteiger partial charge in [-0.2, -0.15) is 0 Å². The summed E-state index contributed by atoms with van der Waals surface area (Å²) in [6.07, 6.45) is 2.23. The second-order valence-electron chi connectivity index (χ2n) is 5.86. The topological polar surface area (TPSA) is 18.5 Å². The molecule has 0 N–H and O–H groups in total. The smallest absolute Gasteiger partial charge is 0.132 e. The fourth-order valence-corrected chi connectivity index (χ4v) is 2.73. The van der Waals surface area contributed by atoms with Crippen LogP contribution in [0.1, 0.15) is 26.7 Å². The van der Waals surface area contributed by atoms with E-state index in [9.17, 15) is 0 Å². The minimum atomic E-state index is -1.33. The van der Waals surface area contributed by atoms with Crippen molar-refractivity contribution in [2.75, 3.05) is 7.11 Å². The lowest BCUT2D eigenvalue weighted by Gasteiger charge is -2.38. The lowest BCUT2D eigenvalue weighted by Crippen LogP contribution is -2.44. The van der Waals surface area contributed by atoms with Gasteiger partial charge in [0.1, 0.15) is 13.7 Å². The van der Waals surface area contributed by atoms with Crippen molar-refractivity contribution in [3.8, 4) is 11.5 Å². The van der Waals surface area contributed by atoms with Crippen LogP contribution in [0.25, 0.3) is 0 Å². The highest BCUT2D eigenvalue weighted by Crippen LogP contribution is 2.31. The van der Waals surface area contributed by atoms with Gasteiger partial charge in [-0.15, -0.1) is 5.54 Å². The van der Waals surface area contributed by atoms with Gasteiger partial charge in [0.15, 0.2) is 0 Å². The molecule has 0 saturated carbocycles. The molecule has 2 nitrogen and oxygen atoms in total. The first-order chi connectivity index (χ1) is 7.26. The van der Waals surface area contributed by atoms with Crippen molar-refractivity contribution in [1.82, 2.24) is 0 Å². The Morgan fingerprint density at radius 2 is 1.69 bits per heavy atom. The summed E-state index contributed by atoms with van der Waals surface area (Å²) in [6, 6.07) is 0. The summed E-state index contributed by atoms with van der Waals surface area (Å²) in [5.41, 5.74) is 3.15. The molecule has 2 atom stereocenters. The van der Waals surface area contributed by atoms with Gasteiger partial charge >= 0.3 is 0 Å². The maximum absolute atomic E-state index is 5.74. The van der Waals surface area contributed by atoms with E-state index in [1.807, 2.05) is 0 Å². The third kappa shape index (κ3) is 3.93. The van der Waals surface area contributed by atoms with Crippen molar-refractivity contribution in [2.24, 2.45) is 0 Å². The maximum Gasteiger partial charge on any atom is 0.132 e. The molecule has 1 aliphatic rings. The zero-order valence-electron chi connectivity index (χ0n) is 11.4. The van der Waals surface area contributed by atoms with Crippen LogP contribution in [0.5, 0.6) is 0 Å². The summed E-state index contributed by atoms with van der Waals surface area (Å²) in [6.45, 7) is 11.0. The van der Waals surface area contributed by atoms with Crippen LogP contribution in [0, 0.1) is 11.5 Å². The molecule has 0 aromatic carbocycles. The largest absolute Gasteiger partial charge is 0.375 e. The summed E-state index contributed by atoms with van der Waals surface area (Å²) in [4.78, 5) is 0. The van der Waals surface area contributed by atoms with Crippen LogP contribution in [0.3, 0.4) is 0 Å². The van der Waals surface area contributed by atoms with Crippen LogP contribution in [-0.2, 0) is 9.47 Å². The SMILES string of the molecule is COC1(C#C[Si](C)(C)C)CC(C)OC(C)C1. The van der Waals surface area contributed by atoms with E-state index >= 15 is 0 Å². The molecular weight excluding hydrogens is 216 g/mol. The summed E-state index contributed by atoms with van der Waals surface area (Å²) in [5, 5.41) is 0. The Labute approximate surface area is 101 Å². The normalized spacial score (nSPS) is 35.4. The van der Waals surface area contributed by atoms with E-state index in [4.69, 9.17) is 9.47 Å². The highest BCUT2D eigenvalue weighted by Gasteiger charge is 2.37. The highest BCUT2D eigenvalue weighted by atomic mass is 28.3. The van der Waals surface area contributed by atoms with Gasteiger partial charge in [0.2, 0.25) is 0 Å². The highest BCUT2D eigenvalue weighted by molar-refractivity contribution is 6.83. The summed E-state index contributed by atoms with van der Waals surface area (Å²) in [7, 11) is 0.437. The minimum absolute atomic E-state index is 0.236. The van der Waals surface area contributed by atoms with E-state index in [0.717, 1.165) is 12.8 Å². The summed E-state index contributed by atoms with van der Waals surface area (Å²) >= 11 is 0. The predicted molar refractivity (Wildman–Crippen MR) is 70.1 cm³/mol. The Kier molecular flexibility index (Phi) is 4.22. The molecule has 0 bridgehead atoms. The third-order valence-electron chi connectivity index (χ3n) is 2.76. The van der Waals surface area contributed by atoms with Gasteiger partial charge in [-0.05, 0) is 13.8 Å². The number of ether oxygens (including phenoxy) is 2. The molecule has 1 fully saturated rings. The monoisotopic (exact) mass is 240 g/mol. The van der Waals surface area contributed by atoms with Gasteiger partial charge in [-0.25, -0.2) is 0 Å². The van der Waals surface area contributed by atoms with E-state index in [-0.39, 0.29) is 17.8 Å². The van der Waals surface area contributed by atoms with Gasteiger partial charge in [0.05, 0.1) is 12.2 Å². The lowest BCUT2D eigenvalue weighted by atomic mass is 9.88. The van der Waals surface area contributed by atoms with Crippen LogP contribution in [0.4, 0.5) is 0 Å². The fraction of sp³-hybridized carbons (Fsp3) is 0.846. The molecule has 1 aliphatic heterocycles. The molecule has 16 heavy (non-hydrogen) atoms. The van der Waals surface area contributed by atoms with E-state index in [1.165, 1.54) is 0 Å². The Hall–Kier alpha value is -0.303. The first kappa shape index (κ1) is 13.8. The number of hydrogen-bond donors (Lipinski definition) is 0. The van der Waals surface area contributed by atoms with Crippen LogP contribution < -0.4 is 0 Å². The zero-order chi connectivity index (χ0) is 12.4. The predicted octanol–water partition coefficient (Wildman–Crippen LogP) is 2.84. The van der Waals surface area contributed by atoms with Gasteiger partial charge in [0.25, 0.3) is 0 Å². The molecular formula is C13H24O2Si. The summed E-state index contributed by atoms with van der Waals surface area (Å²) < 4.78 is 11.4. The quantitative estimate of drug-likeness (QED) is 0.518. The molecule has 0 radical (unpaired) electrons. The fourth-order valence-electron chi connectivity index (χ4n) is 2.13. The molecule has 1 heterocycles. The molecule has 1 saturated heterocycles. The Morgan fingerprint density at radius 1 is 1.19 bits per heavy atom. The van der Waals surface area contributed by atoms with Gasteiger partial charge in [-0.3, -0.25) is 0 Å². The van der Waals surface area contributed by atoms with E-state index in [2.05, 4.69) is 45.0 Å². The van der Waals surface area contributed by atoms with E-state index in [0.29, 0.717) is 0 Å². The molecule has 0 spiro atoms.